The standard InChI is InChI=1S/C17H28N2O/c1-17(2,3)10-12-20-16-8-6-15(7-9-16)19-11-4-5-14(18)13-19/h6-9,14H,4-5,10-13,18H2,1-3H3. The quantitative estimate of drug-likeness (QED) is 0.915. The fraction of sp³-hybridized carbons (Fsp3) is 0.647. The monoisotopic (exact) mass is 276 g/mol. The maximum Gasteiger partial charge on any atom is 0.119 e. The minimum atomic E-state index is 0.312. The Labute approximate surface area is 123 Å². The van der Waals surface area contributed by atoms with E-state index in [-0.39, 0.29) is 0 Å². The van der Waals surface area contributed by atoms with E-state index >= 15 is 0 Å². The lowest BCUT2D eigenvalue weighted by Gasteiger charge is -2.32. The Morgan fingerprint density at radius 3 is 2.55 bits per heavy atom. The van der Waals surface area contributed by atoms with Crippen LogP contribution in [0, 0.1) is 5.41 Å². The molecule has 1 aromatic rings. The van der Waals surface area contributed by atoms with Gasteiger partial charge in [0.1, 0.15) is 5.75 Å². The summed E-state index contributed by atoms with van der Waals surface area (Å²) in [6.07, 6.45) is 3.39. The maximum atomic E-state index is 6.03. The van der Waals surface area contributed by atoms with Crippen LogP contribution in [0.15, 0.2) is 24.3 Å². The van der Waals surface area contributed by atoms with Crippen molar-refractivity contribution in [2.45, 2.75) is 46.1 Å². The molecule has 0 bridgehead atoms. The normalized spacial score (nSPS) is 20.0. The van der Waals surface area contributed by atoms with E-state index in [4.69, 9.17) is 10.5 Å². The van der Waals surface area contributed by atoms with E-state index in [0.717, 1.165) is 38.3 Å². The predicted molar refractivity (Wildman–Crippen MR) is 85.4 cm³/mol. The Morgan fingerprint density at radius 2 is 1.95 bits per heavy atom. The molecule has 3 nitrogen and oxygen atoms in total. The van der Waals surface area contributed by atoms with Crippen molar-refractivity contribution in [1.29, 1.82) is 0 Å². The highest BCUT2D eigenvalue weighted by Crippen LogP contribution is 2.24. The van der Waals surface area contributed by atoms with Gasteiger partial charge in [0.2, 0.25) is 0 Å². The molecule has 1 heterocycles. The fourth-order valence-electron chi connectivity index (χ4n) is 2.47. The molecule has 1 aromatic carbocycles. The van der Waals surface area contributed by atoms with Crippen molar-refractivity contribution < 1.29 is 4.74 Å². The lowest BCUT2D eigenvalue weighted by Crippen LogP contribution is -2.42. The first kappa shape index (κ1) is 15.2. The second-order valence-corrected chi connectivity index (χ2v) is 7.00. The highest BCUT2D eigenvalue weighted by Gasteiger charge is 2.16. The number of rotatable bonds is 4. The molecule has 20 heavy (non-hydrogen) atoms. The van der Waals surface area contributed by atoms with Crippen LogP contribution >= 0.6 is 0 Å². The van der Waals surface area contributed by atoms with E-state index in [2.05, 4.69) is 49.9 Å². The molecular weight excluding hydrogens is 248 g/mol. The van der Waals surface area contributed by atoms with Crippen molar-refractivity contribution in [3.05, 3.63) is 24.3 Å². The third-order valence-electron chi connectivity index (χ3n) is 3.78. The molecule has 1 fully saturated rings. The number of ether oxygens (including phenoxy) is 1. The largest absolute Gasteiger partial charge is 0.494 e. The summed E-state index contributed by atoms with van der Waals surface area (Å²) < 4.78 is 5.80. The topological polar surface area (TPSA) is 38.5 Å². The average molecular weight is 276 g/mol. The van der Waals surface area contributed by atoms with Gasteiger partial charge in [-0.2, -0.15) is 0 Å². The molecule has 2 rings (SSSR count). The summed E-state index contributed by atoms with van der Waals surface area (Å²) in [7, 11) is 0. The van der Waals surface area contributed by atoms with Crippen LogP contribution in [-0.4, -0.2) is 25.7 Å². The Balaban J connectivity index is 1.86. The number of nitrogens with two attached hydrogens (primary N) is 1. The molecule has 112 valence electrons. The van der Waals surface area contributed by atoms with Crippen molar-refractivity contribution in [1.82, 2.24) is 0 Å². The van der Waals surface area contributed by atoms with E-state index in [1.165, 1.54) is 12.1 Å². The zero-order chi connectivity index (χ0) is 14.6. The highest BCUT2D eigenvalue weighted by molar-refractivity contribution is 5.49. The van der Waals surface area contributed by atoms with Gasteiger partial charge in [-0.1, -0.05) is 20.8 Å². The van der Waals surface area contributed by atoms with Crippen LogP contribution < -0.4 is 15.4 Å². The van der Waals surface area contributed by atoms with E-state index in [9.17, 15) is 0 Å². The molecule has 1 aliphatic rings. The summed E-state index contributed by atoms with van der Waals surface area (Å²) >= 11 is 0. The average Bonchev–Trinajstić information content (AvgIpc) is 2.38. The predicted octanol–water partition coefficient (Wildman–Crippen LogP) is 3.43. The molecule has 0 aliphatic carbocycles. The first-order chi connectivity index (χ1) is 9.44. The van der Waals surface area contributed by atoms with Gasteiger partial charge in [0.05, 0.1) is 6.61 Å². The van der Waals surface area contributed by atoms with Gasteiger partial charge in [-0.25, -0.2) is 0 Å². The van der Waals surface area contributed by atoms with Gasteiger partial charge in [-0.15, -0.1) is 0 Å². The number of piperidine rings is 1. The SMILES string of the molecule is CC(C)(C)CCOc1ccc(N2CCCC(N)C2)cc1. The molecule has 3 heteroatoms. The van der Waals surface area contributed by atoms with Gasteiger partial charge in [0, 0.05) is 24.8 Å². The van der Waals surface area contributed by atoms with E-state index < -0.39 is 0 Å². The van der Waals surface area contributed by atoms with Crippen LogP contribution in [0.1, 0.15) is 40.0 Å². The Hall–Kier alpha value is -1.22. The molecule has 1 saturated heterocycles. The van der Waals surface area contributed by atoms with Crippen LogP contribution in [0.3, 0.4) is 0 Å². The smallest absolute Gasteiger partial charge is 0.119 e. The van der Waals surface area contributed by atoms with Gasteiger partial charge < -0.3 is 15.4 Å². The molecule has 0 spiro atoms. The van der Waals surface area contributed by atoms with Crippen LogP contribution in [0.25, 0.3) is 0 Å². The van der Waals surface area contributed by atoms with E-state index in [0.29, 0.717) is 11.5 Å². The number of anilines is 1. The first-order valence-corrected chi connectivity index (χ1v) is 7.67. The molecule has 0 radical (unpaired) electrons. The van der Waals surface area contributed by atoms with Gasteiger partial charge in [0.15, 0.2) is 0 Å². The summed E-state index contributed by atoms with van der Waals surface area (Å²) in [5.41, 5.74) is 7.61. The second-order valence-electron chi connectivity index (χ2n) is 7.00. The molecule has 0 amide bonds. The number of hydrogen-bond donors (Lipinski definition) is 1. The minimum Gasteiger partial charge on any atom is -0.494 e. The lowest BCUT2D eigenvalue weighted by molar-refractivity contribution is 0.243. The summed E-state index contributed by atoms with van der Waals surface area (Å²) in [5.74, 6) is 0.958. The summed E-state index contributed by atoms with van der Waals surface area (Å²) in [6, 6.07) is 8.73. The number of benzene rings is 1. The van der Waals surface area contributed by atoms with Gasteiger partial charge in [0.25, 0.3) is 0 Å². The molecule has 1 atom stereocenters. The van der Waals surface area contributed by atoms with Gasteiger partial charge >= 0.3 is 0 Å². The molecular formula is C17H28N2O. The fourth-order valence-corrected chi connectivity index (χ4v) is 2.47. The van der Waals surface area contributed by atoms with Crippen molar-refractivity contribution in [2.75, 3.05) is 24.6 Å². The number of nitrogens with zero attached hydrogens (tertiary/aromatic N) is 1. The summed E-state index contributed by atoms with van der Waals surface area (Å²) in [6.45, 7) is 9.55. The third-order valence-corrected chi connectivity index (χ3v) is 3.78. The minimum absolute atomic E-state index is 0.312. The van der Waals surface area contributed by atoms with Gasteiger partial charge in [-0.3, -0.25) is 0 Å². The highest BCUT2D eigenvalue weighted by atomic mass is 16.5. The summed E-state index contributed by atoms with van der Waals surface area (Å²) in [4.78, 5) is 2.37. The van der Waals surface area contributed by atoms with Gasteiger partial charge in [-0.05, 0) is 48.9 Å². The molecule has 0 aromatic heterocycles. The number of hydrogen-bond acceptors (Lipinski definition) is 3. The zero-order valence-corrected chi connectivity index (χ0v) is 13.1. The Morgan fingerprint density at radius 1 is 1.25 bits per heavy atom. The summed E-state index contributed by atoms with van der Waals surface area (Å²) in [5, 5.41) is 0. The van der Waals surface area contributed by atoms with Crippen molar-refractivity contribution in [3.8, 4) is 5.75 Å². The zero-order valence-electron chi connectivity index (χ0n) is 13.1. The van der Waals surface area contributed by atoms with Crippen molar-refractivity contribution in [2.24, 2.45) is 11.1 Å². The van der Waals surface area contributed by atoms with E-state index in [1.54, 1.807) is 0 Å². The Kier molecular flexibility index (Phi) is 4.92. The molecule has 1 unspecified atom stereocenters. The van der Waals surface area contributed by atoms with Crippen LogP contribution in [0.2, 0.25) is 0 Å². The van der Waals surface area contributed by atoms with Crippen molar-refractivity contribution >= 4 is 5.69 Å². The third kappa shape index (κ3) is 4.71. The first-order valence-electron chi connectivity index (χ1n) is 7.67. The van der Waals surface area contributed by atoms with E-state index in [1.807, 2.05) is 0 Å². The Bertz CT molecular complexity index is 408. The molecule has 0 saturated carbocycles. The lowest BCUT2D eigenvalue weighted by atomic mass is 9.93. The maximum absolute atomic E-state index is 6.03. The van der Waals surface area contributed by atoms with Crippen LogP contribution in [0.5, 0.6) is 5.75 Å². The van der Waals surface area contributed by atoms with Crippen molar-refractivity contribution in [3.63, 3.8) is 0 Å². The molecule has 1 aliphatic heterocycles. The van der Waals surface area contributed by atoms with Crippen LogP contribution in [0.4, 0.5) is 5.69 Å². The molecule has 2 N–H and O–H groups in total. The van der Waals surface area contributed by atoms with Crippen LogP contribution in [-0.2, 0) is 0 Å². The second kappa shape index (κ2) is 6.49.